The van der Waals surface area contributed by atoms with E-state index < -0.39 is 4.92 Å². The lowest BCUT2D eigenvalue weighted by atomic mass is 10.1. The Morgan fingerprint density at radius 1 is 1.00 bits per heavy atom. The quantitative estimate of drug-likeness (QED) is 0.412. The number of halogens is 1. The fraction of sp³-hybridized carbons (Fsp3) is 0.304. The van der Waals surface area contributed by atoms with Crippen LogP contribution < -0.4 is 5.32 Å². The van der Waals surface area contributed by atoms with E-state index in [-0.39, 0.29) is 16.7 Å². The second-order valence-electron chi connectivity index (χ2n) is 7.94. The van der Waals surface area contributed by atoms with Crippen LogP contribution in [0.25, 0.3) is 0 Å². The van der Waals surface area contributed by atoms with E-state index in [1.54, 1.807) is 24.3 Å². The summed E-state index contributed by atoms with van der Waals surface area (Å²) in [5, 5.41) is 17.6. The van der Waals surface area contributed by atoms with Crippen molar-refractivity contribution in [2.24, 2.45) is 0 Å². The van der Waals surface area contributed by atoms with Gasteiger partial charge in [0.05, 0.1) is 17.8 Å². The van der Waals surface area contributed by atoms with Gasteiger partial charge in [0, 0.05) is 17.8 Å². The summed E-state index contributed by atoms with van der Waals surface area (Å²) in [5.74, 6) is -0.567. The van der Waals surface area contributed by atoms with Gasteiger partial charge >= 0.3 is 5.82 Å². The van der Waals surface area contributed by atoms with Crippen LogP contribution >= 0.6 is 11.6 Å². The Kier molecular flexibility index (Phi) is 6.82. The van der Waals surface area contributed by atoms with E-state index in [0.717, 1.165) is 30.9 Å². The van der Waals surface area contributed by atoms with Crippen LogP contribution in [0.1, 0.15) is 40.7 Å². The van der Waals surface area contributed by atoms with Gasteiger partial charge in [-0.1, -0.05) is 42.3 Å². The zero-order chi connectivity index (χ0) is 22.5. The zero-order valence-electron chi connectivity index (χ0n) is 17.5. The molecule has 1 N–H and O–H groups in total. The number of aromatic nitrogens is 2. The topological polar surface area (TPSA) is 93.3 Å². The van der Waals surface area contributed by atoms with Crippen molar-refractivity contribution in [3.8, 4) is 0 Å². The van der Waals surface area contributed by atoms with Gasteiger partial charge in [-0.15, -0.1) is 0 Å². The van der Waals surface area contributed by atoms with E-state index in [0.29, 0.717) is 12.1 Å². The van der Waals surface area contributed by atoms with Gasteiger partial charge in [-0.2, -0.15) is 4.68 Å². The fourth-order valence-corrected chi connectivity index (χ4v) is 4.03. The molecule has 32 heavy (non-hydrogen) atoms. The summed E-state index contributed by atoms with van der Waals surface area (Å²) >= 11 is 5.83. The minimum Gasteiger partial charge on any atom is -0.358 e. The largest absolute Gasteiger partial charge is 0.408 e. The first-order valence-electron chi connectivity index (χ1n) is 10.6. The van der Waals surface area contributed by atoms with E-state index in [1.807, 2.05) is 12.1 Å². The Balaban J connectivity index is 1.33. The molecule has 166 valence electrons. The van der Waals surface area contributed by atoms with Gasteiger partial charge in [-0.05, 0) is 66.2 Å². The molecule has 2 aromatic carbocycles. The summed E-state index contributed by atoms with van der Waals surface area (Å²) in [6.45, 7) is 3.56. The molecule has 1 amide bonds. The van der Waals surface area contributed by atoms with Gasteiger partial charge in [-0.25, -0.2) is 0 Å². The van der Waals surface area contributed by atoms with Gasteiger partial charge in [0.1, 0.15) is 0 Å². The molecular weight excluding hydrogens is 430 g/mol. The van der Waals surface area contributed by atoms with Crippen LogP contribution in [-0.2, 0) is 13.1 Å². The molecule has 1 aromatic heterocycles. The van der Waals surface area contributed by atoms with E-state index >= 15 is 0 Å². The van der Waals surface area contributed by atoms with Crippen molar-refractivity contribution in [1.29, 1.82) is 0 Å². The molecule has 1 saturated heterocycles. The molecule has 0 radical (unpaired) electrons. The van der Waals surface area contributed by atoms with Gasteiger partial charge in [0.15, 0.2) is 5.02 Å². The maximum Gasteiger partial charge on any atom is 0.408 e. The number of carbonyl (C=O) groups excluding carboxylic acids is 1. The second-order valence-corrected chi connectivity index (χ2v) is 8.35. The van der Waals surface area contributed by atoms with Crippen molar-refractivity contribution >= 4 is 29.0 Å². The van der Waals surface area contributed by atoms with Gasteiger partial charge < -0.3 is 15.4 Å². The Hall–Kier alpha value is -3.23. The standard InChI is InChI=1S/C23H24ClN5O3/c24-21-16-28(26-22(21)29(31)32)15-18-4-8-19(9-5-18)23(30)25-20-10-6-17(7-11-20)14-27-12-2-1-3-13-27/h4-11,16H,1-3,12-15H2,(H,25,30). The van der Waals surface area contributed by atoms with E-state index in [4.69, 9.17) is 11.6 Å². The Morgan fingerprint density at radius 3 is 2.25 bits per heavy atom. The number of rotatable bonds is 7. The third kappa shape index (κ3) is 5.52. The van der Waals surface area contributed by atoms with Crippen molar-refractivity contribution in [3.05, 3.63) is 86.6 Å². The number of benzene rings is 2. The molecule has 4 rings (SSSR count). The molecule has 0 aliphatic carbocycles. The minimum atomic E-state index is -0.619. The summed E-state index contributed by atoms with van der Waals surface area (Å²) in [6.07, 6.45) is 5.27. The number of piperidine rings is 1. The number of anilines is 1. The smallest absolute Gasteiger partial charge is 0.358 e. The Labute approximate surface area is 190 Å². The van der Waals surface area contributed by atoms with Crippen LogP contribution in [-0.4, -0.2) is 38.6 Å². The molecule has 1 fully saturated rings. The highest BCUT2D eigenvalue weighted by atomic mass is 35.5. The van der Waals surface area contributed by atoms with Crippen LogP contribution in [0.15, 0.2) is 54.7 Å². The summed E-state index contributed by atoms with van der Waals surface area (Å²) in [6, 6.07) is 15.0. The predicted molar refractivity (Wildman–Crippen MR) is 123 cm³/mol. The summed E-state index contributed by atoms with van der Waals surface area (Å²) in [5.41, 5.74) is 3.36. The number of nitro groups is 1. The minimum absolute atomic E-state index is 0.00653. The highest BCUT2D eigenvalue weighted by molar-refractivity contribution is 6.32. The molecule has 0 saturated carbocycles. The van der Waals surface area contributed by atoms with Crippen LogP contribution in [0.3, 0.4) is 0 Å². The highest BCUT2D eigenvalue weighted by Crippen LogP contribution is 2.22. The van der Waals surface area contributed by atoms with Gasteiger partial charge in [-0.3, -0.25) is 9.69 Å². The molecular formula is C23H24ClN5O3. The summed E-state index contributed by atoms with van der Waals surface area (Å²) in [4.78, 5) is 25.3. The average molecular weight is 454 g/mol. The van der Waals surface area contributed by atoms with Crippen molar-refractivity contribution in [2.75, 3.05) is 18.4 Å². The number of amides is 1. The molecule has 1 aliphatic heterocycles. The molecule has 1 aliphatic rings. The first-order chi connectivity index (χ1) is 15.5. The molecule has 0 atom stereocenters. The zero-order valence-corrected chi connectivity index (χ0v) is 18.3. The highest BCUT2D eigenvalue weighted by Gasteiger charge is 2.19. The molecule has 9 heteroatoms. The van der Waals surface area contributed by atoms with E-state index in [1.165, 1.54) is 35.7 Å². The number of hydrogen-bond acceptors (Lipinski definition) is 5. The van der Waals surface area contributed by atoms with Crippen LogP contribution in [0.2, 0.25) is 5.02 Å². The summed E-state index contributed by atoms with van der Waals surface area (Å²) < 4.78 is 1.40. The molecule has 0 bridgehead atoms. The molecule has 0 spiro atoms. The van der Waals surface area contributed by atoms with Crippen molar-refractivity contribution in [3.63, 3.8) is 0 Å². The number of nitrogens with zero attached hydrogens (tertiary/aromatic N) is 4. The van der Waals surface area contributed by atoms with Gasteiger partial charge in [0.25, 0.3) is 5.91 Å². The van der Waals surface area contributed by atoms with E-state index in [2.05, 4.69) is 27.4 Å². The number of nitrogens with one attached hydrogen (secondary N) is 1. The van der Waals surface area contributed by atoms with Crippen LogP contribution in [0, 0.1) is 10.1 Å². The van der Waals surface area contributed by atoms with Crippen LogP contribution in [0.5, 0.6) is 0 Å². The maximum absolute atomic E-state index is 12.6. The number of carbonyl (C=O) groups is 1. The lowest BCUT2D eigenvalue weighted by Gasteiger charge is -2.26. The average Bonchev–Trinajstić information content (AvgIpc) is 3.16. The third-order valence-electron chi connectivity index (χ3n) is 5.50. The first-order valence-corrected chi connectivity index (χ1v) is 10.9. The van der Waals surface area contributed by atoms with Crippen molar-refractivity contribution in [2.45, 2.75) is 32.4 Å². The predicted octanol–water partition coefficient (Wildman–Crippen LogP) is 4.73. The lowest BCUT2D eigenvalue weighted by molar-refractivity contribution is -0.389. The number of likely N-dealkylation sites (tertiary alicyclic amines) is 1. The molecule has 3 aromatic rings. The number of hydrogen-bond donors (Lipinski definition) is 1. The Bertz CT molecular complexity index is 1090. The monoisotopic (exact) mass is 453 g/mol. The van der Waals surface area contributed by atoms with Crippen molar-refractivity contribution in [1.82, 2.24) is 14.7 Å². The molecule has 2 heterocycles. The fourth-order valence-electron chi connectivity index (χ4n) is 3.81. The normalized spacial score (nSPS) is 14.3. The third-order valence-corrected chi connectivity index (χ3v) is 5.77. The Morgan fingerprint density at radius 2 is 1.62 bits per heavy atom. The van der Waals surface area contributed by atoms with E-state index in [9.17, 15) is 14.9 Å². The second kappa shape index (κ2) is 9.93. The summed E-state index contributed by atoms with van der Waals surface area (Å²) in [7, 11) is 0. The lowest BCUT2D eigenvalue weighted by Crippen LogP contribution is -2.29. The molecule has 0 unspecified atom stereocenters. The SMILES string of the molecule is O=C(Nc1ccc(CN2CCCCC2)cc1)c1ccc(Cn2cc(Cl)c([N+](=O)[O-])n2)cc1. The van der Waals surface area contributed by atoms with Gasteiger partial charge in [0.2, 0.25) is 0 Å². The van der Waals surface area contributed by atoms with Crippen molar-refractivity contribution < 1.29 is 9.72 Å². The first kappa shape index (κ1) is 22.0. The maximum atomic E-state index is 12.6. The van der Waals surface area contributed by atoms with Crippen LogP contribution in [0.4, 0.5) is 11.5 Å². The molecule has 8 nitrogen and oxygen atoms in total.